The number of carbonyl (C=O) groups excluding carboxylic acids is 1. The third-order valence-electron chi connectivity index (χ3n) is 4.58. The van der Waals surface area contributed by atoms with E-state index < -0.39 is 0 Å². The van der Waals surface area contributed by atoms with Crippen molar-refractivity contribution in [2.45, 2.75) is 44.2 Å². The molecule has 0 aromatic heterocycles. The molecule has 15 heavy (non-hydrogen) atoms. The van der Waals surface area contributed by atoms with Crippen LogP contribution in [0.4, 0.5) is 0 Å². The van der Waals surface area contributed by atoms with Crippen LogP contribution < -0.4 is 0 Å². The van der Waals surface area contributed by atoms with Gasteiger partial charge in [0.05, 0.1) is 6.10 Å². The van der Waals surface area contributed by atoms with Gasteiger partial charge in [-0.1, -0.05) is 0 Å². The predicted octanol–water partition coefficient (Wildman–Crippen LogP) is 0.811. The Morgan fingerprint density at radius 2 is 2.07 bits per heavy atom. The molecule has 1 saturated heterocycles. The van der Waals surface area contributed by atoms with Crippen molar-refractivity contribution in [2.75, 3.05) is 13.1 Å². The van der Waals surface area contributed by atoms with E-state index in [1.807, 2.05) is 0 Å². The van der Waals surface area contributed by atoms with Gasteiger partial charge in [0.2, 0.25) is 0 Å². The summed E-state index contributed by atoms with van der Waals surface area (Å²) in [5.41, 5.74) is 0. The van der Waals surface area contributed by atoms with Crippen LogP contribution in [0.25, 0.3) is 0 Å². The molecule has 4 unspecified atom stereocenters. The van der Waals surface area contributed by atoms with Crippen molar-refractivity contribution in [3.05, 3.63) is 0 Å². The highest BCUT2D eigenvalue weighted by Gasteiger charge is 2.44. The highest BCUT2D eigenvalue weighted by atomic mass is 16.3. The molecule has 0 amide bonds. The maximum Gasteiger partial charge on any atom is 0.134 e. The van der Waals surface area contributed by atoms with Gasteiger partial charge in [0.15, 0.2) is 0 Å². The van der Waals surface area contributed by atoms with Gasteiger partial charge in [-0.3, -0.25) is 9.69 Å². The molecule has 84 valence electrons. The first kappa shape index (κ1) is 9.79. The average Bonchev–Trinajstić information content (AvgIpc) is 2.84. The molecule has 3 nitrogen and oxygen atoms in total. The molecule has 2 aliphatic carbocycles. The fraction of sp³-hybridized carbons (Fsp3) is 0.917. The SMILES string of the molecule is O=C1CCC(N2CC3CCC(O)C3C2)C1. The molecule has 4 atom stereocenters. The van der Waals surface area contributed by atoms with E-state index in [1.165, 1.54) is 6.42 Å². The van der Waals surface area contributed by atoms with Crippen LogP contribution in [0.15, 0.2) is 0 Å². The lowest BCUT2D eigenvalue weighted by Gasteiger charge is -2.24. The Morgan fingerprint density at radius 1 is 1.20 bits per heavy atom. The van der Waals surface area contributed by atoms with E-state index in [0.29, 0.717) is 23.7 Å². The molecule has 2 saturated carbocycles. The maximum atomic E-state index is 11.2. The molecule has 1 aliphatic heterocycles. The van der Waals surface area contributed by atoms with Crippen LogP contribution in [0.1, 0.15) is 32.1 Å². The Balaban J connectivity index is 1.64. The number of nitrogens with zero attached hydrogens (tertiary/aromatic N) is 1. The maximum absolute atomic E-state index is 11.2. The normalized spacial score (nSPS) is 46.3. The van der Waals surface area contributed by atoms with E-state index >= 15 is 0 Å². The topological polar surface area (TPSA) is 40.5 Å². The Labute approximate surface area is 90.5 Å². The Kier molecular flexibility index (Phi) is 2.33. The van der Waals surface area contributed by atoms with Crippen LogP contribution in [0, 0.1) is 11.8 Å². The third-order valence-corrected chi connectivity index (χ3v) is 4.58. The van der Waals surface area contributed by atoms with Crippen molar-refractivity contribution >= 4 is 5.78 Å². The second kappa shape index (κ2) is 3.56. The summed E-state index contributed by atoms with van der Waals surface area (Å²) in [5, 5.41) is 9.82. The molecular formula is C12H19NO2. The number of likely N-dealkylation sites (tertiary alicyclic amines) is 1. The second-order valence-corrected chi connectivity index (χ2v) is 5.46. The van der Waals surface area contributed by atoms with Gasteiger partial charge in [0.25, 0.3) is 0 Å². The lowest BCUT2D eigenvalue weighted by atomic mass is 10.00. The van der Waals surface area contributed by atoms with Crippen LogP contribution in [-0.2, 0) is 4.79 Å². The molecule has 0 spiro atoms. The quantitative estimate of drug-likeness (QED) is 0.695. The minimum atomic E-state index is -0.0721. The summed E-state index contributed by atoms with van der Waals surface area (Å²) in [4.78, 5) is 13.7. The van der Waals surface area contributed by atoms with Gasteiger partial charge in [0.1, 0.15) is 5.78 Å². The van der Waals surface area contributed by atoms with Crippen LogP contribution in [-0.4, -0.2) is 41.0 Å². The van der Waals surface area contributed by atoms with E-state index in [-0.39, 0.29) is 6.10 Å². The molecule has 0 bridgehead atoms. The number of hydrogen-bond acceptors (Lipinski definition) is 3. The number of Topliss-reactive ketones (excluding diaryl/α,β-unsaturated/α-hetero) is 1. The summed E-state index contributed by atoms with van der Waals surface area (Å²) in [5.74, 6) is 1.63. The summed E-state index contributed by atoms with van der Waals surface area (Å²) in [6.45, 7) is 2.16. The van der Waals surface area contributed by atoms with Crippen LogP contribution in [0.5, 0.6) is 0 Å². The van der Waals surface area contributed by atoms with Crippen LogP contribution in [0.3, 0.4) is 0 Å². The van der Waals surface area contributed by atoms with Gasteiger partial charge < -0.3 is 5.11 Å². The van der Waals surface area contributed by atoms with Gasteiger partial charge in [-0.05, 0) is 25.2 Å². The molecule has 3 heteroatoms. The smallest absolute Gasteiger partial charge is 0.134 e. The van der Waals surface area contributed by atoms with Crippen molar-refractivity contribution in [3.8, 4) is 0 Å². The lowest BCUT2D eigenvalue weighted by molar-refractivity contribution is -0.117. The number of ketones is 1. The number of fused-ring (bicyclic) bond motifs is 1. The summed E-state index contributed by atoms with van der Waals surface area (Å²) < 4.78 is 0. The van der Waals surface area contributed by atoms with Gasteiger partial charge in [-0.15, -0.1) is 0 Å². The zero-order chi connectivity index (χ0) is 10.4. The zero-order valence-electron chi connectivity index (χ0n) is 9.06. The van der Waals surface area contributed by atoms with Gasteiger partial charge >= 0.3 is 0 Å². The number of aliphatic hydroxyl groups is 1. The van der Waals surface area contributed by atoms with E-state index in [1.54, 1.807) is 0 Å². The average molecular weight is 209 g/mol. The zero-order valence-corrected chi connectivity index (χ0v) is 9.06. The van der Waals surface area contributed by atoms with Gasteiger partial charge in [-0.25, -0.2) is 0 Å². The molecule has 1 N–H and O–H groups in total. The summed E-state index contributed by atoms with van der Waals surface area (Å²) in [7, 11) is 0. The fourth-order valence-corrected chi connectivity index (χ4v) is 3.68. The van der Waals surface area contributed by atoms with Gasteiger partial charge in [-0.2, -0.15) is 0 Å². The standard InChI is InChI=1S/C12H19NO2/c14-10-3-2-9(5-10)13-6-8-1-4-12(15)11(8)7-13/h8-9,11-12,15H,1-7H2. The molecule has 3 aliphatic rings. The number of carbonyl (C=O) groups is 1. The highest BCUT2D eigenvalue weighted by molar-refractivity contribution is 5.81. The molecule has 3 rings (SSSR count). The first-order chi connectivity index (χ1) is 7.24. The van der Waals surface area contributed by atoms with Crippen LogP contribution >= 0.6 is 0 Å². The van der Waals surface area contributed by atoms with E-state index in [0.717, 1.165) is 38.8 Å². The van der Waals surface area contributed by atoms with Crippen LogP contribution in [0.2, 0.25) is 0 Å². The van der Waals surface area contributed by atoms with Crippen molar-refractivity contribution in [1.29, 1.82) is 0 Å². The third kappa shape index (κ3) is 1.62. The Morgan fingerprint density at radius 3 is 2.73 bits per heavy atom. The van der Waals surface area contributed by atoms with Crippen molar-refractivity contribution < 1.29 is 9.90 Å². The second-order valence-electron chi connectivity index (χ2n) is 5.46. The lowest BCUT2D eigenvalue weighted by Crippen LogP contribution is -2.33. The minimum Gasteiger partial charge on any atom is -0.393 e. The minimum absolute atomic E-state index is 0.0721. The number of rotatable bonds is 1. The molecule has 0 radical (unpaired) electrons. The van der Waals surface area contributed by atoms with E-state index in [9.17, 15) is 9.90 Å². The number of hydrogen-bond donors (Lipinski definition) is 1. The van der Waals surface area contributed by atoms with Gasteiger partial charge in [0, 0.05) is 37.9 Å². The summed E-state index contributed by atoms with van der Waals surface area (Å²) in [6, 6.07) is 0.496. The van der Waals surface area contributed by atoms with Crippen molar-refractivity contribution in [2.24, 2.45) is 11.8 Å². The fourth-order valence-electron chi connectivity index (χ4n) is 3.68. The first-order valence-corrected chi connectivity index (χ1v) is 6.18. The summed E-state index contributed by atoms with van der Waals surface area (Å²) in [6.07, 6.45) is 4.69. The van der Waals surface area contributed by atoms with E-state index in [4.69, 9.17) is 0 Å². The van der Waals surface area contributed by atoms with E-state index in [2.05, 4.69) is 4.90 Å². The first-order valence-electron chi connectivity index (χ1n) is 6.18. The molecular weight excluding hydrogens is 190 g/mol. The highest BCUT2D eigenvalue weighted by Crippen LogP contribution is 2.40. The van der Waals surface area contributed by atoms with Crippen molar-refractivity contribution in [3.63, 3.8) is 0 Å². The summed E-state index contributed by atoms with van der Waals surface area (Å²) >= 11 is 0. The Hall–Kier alpha value is -0.410. The predicted molar refractivity (Wildman–Crippen MR) is 56.4 cm³/mol. The molecule has 1 heterocycles. The molecule has 0 aromatic carbocycles. The Bertz CT molecular complexity index is 279. The molecule has 0 aromatic rings. The monoisotopic (exact) mass is 209 g/mol. The molecule has 3 fully saturated rings. The largest absolute Gasteiger partial charge is 0.393 e. The van der Waals surface area contributed by atoms with Crippen molar-refractivity contribution in [1.82, 2.24) is 4.90 Å². The number of aliphatic hydroxyl groups excluding tert-OH is 1.